The molecule has 0 aliphatic heterocycles. The number of aliphatic carboxylic acids is 1. The molecular formula is C11H14FNO3. The number of halogens is 1. The normalized spacial score (nSPS) is 11.2. The molecule has 0 heterocycles. The number of nitrogen functional groups attached to an aromatic ring is 1. The van der Waals surface area contributed by atoms with Gasteiger partial charge >= 0.3 is 5.97 Å². The van der Waals surface area contributed by atoms with Crippen LogP contribution in [0, 0.1) is 5.82 Å². The molecular weight excluding hydrogens is 213 g/mol. The van der Waals surface area contributed by atoms with Gasteiger partial charge in [-0.05, 0) is 26.0 Å². The fourth-order valence-electron chi connectivity index (χ4n) is 1.29. The van der Waals surface area contributed by atoms with Crippen molar-refractivity contribution in [2.45, 2.75) is 25.9 Å². The van der Waals surface area contributed by atoms with Crippen LogP contribution in [0.4, 0.5) is 10.1 Å². The molecule has 1 aromatic carbocycles. The van der Waals surface area contributed by atoms with Crippen molar-refractivity contribution in [2.75, 3.05) is 5.73 Å². The highest BCUT2D eigenvalue weighted by Crippen LogP contribution is 2.24. The maximum absolute atomic E-state index is 13.1. The van der Waals surface area contributed by atoms with Gasteiger partial charge in [-0.2, -0.15) is 0 Å². The lowest BCUT2D eigenvalue weighted by Gasteiger charge is -2.24. The maximum Gasteiger partial charge on any atom is 0.307 e. The summed E-state index contributed by atoms with van der Waals surface area (Å²) < 4.78 is 18.5. The van der Waals surface area contributed by atoms with Gasteiger partial charge < -0.3 is 15.6 Å². The lowest BCUT2D eigenvalue weighted by Crippen LogP contribution is -2.31. The number of rotatable bonds is 4. The van der Waals surface area contributed by atoms with E-state index in [9.17, 15) is 9.18 Å². The smallest absolute Gasteiger partial charge is 0.307 e. The molecule has 0 saturated carbocycles. The van der Waals surface area contributed by atoms with Gasteiger partial charge in [0, 0.05) is 6.07 Å². The van der Waals surface area contributed by atoms with Crippen LogP contribution in [0.3, 0.4) is 0 Å². The van der Waals surface area contributed by atoms with Crippen LogP contribution < -0.4 is 10.5 Å². The minimum atomic E-state index is -0.971. The number of nitrogens with two attached hydrogens (primary N) is 1. The van der Waals surface area contributed by atoms with Crippen molar-refractivity contribution in [3.05, 3.63) is 24.0 Å². The molecule has 16 heavy (non-hydrogen) atoms. The Morgan fingerprint density at radius 3 is 2.69 bits per heavy atom. The summed E-state index contributed by atoms with van der Waals surface area (Å²) in [6.45, 7) is 3.24. The highest BCUT2D eigenvalue weighted by Gasteiger charge is 2.24. The van der Waals surface area contributed by atoms with Crippen molar-refractivity contribution < 1.29 is 19.0 Å². The summed E-state index contributed by atoms with van der Waals surface area (Å²) >= 11 is 0. The third-order valence-electron chi connectivity index (χ3n) is 1.94. The summed E-state index contributed by atoms with van der Waals surface area (Å²) in [7, 11) is 0. The standard InChI is InChI=1S/C11H14FNO3/c1-11(2,6-10(14)15)16-7-3-4-9(13)8(12)5-7/h3-5H,6,13H2,1-2H3,(H,14,15). The zero-order chi connectivity index (χ0) is 12.3. The number of carboxylic acid groups (broad SMARTS) is 1. The molecule has 0 aromatic heterocycles. The van der Waals surface area contributed by atoms with E-state index in [1.54, 1.807) is 13.8 Å². The fraction of sp³-hybridized carbons (Fsp3) is 0.364. The van der Waals surface area contributed by atoms with Crippen molar-refractivity contribution in [2.24, 2.45) is 0 Å². The second kappa shape index (κ2) is 4.38. The van der Waals surface area contributed by atoms with Crippen molar-refractivity contribution in [1.82, 2.24) is 0 Å². The van der Waals surface area contributed by atoms with Crippen LogP contribution in [-0.2, 0) is 4.79 Å². The number of benzene rings is 1. The van der Waals surface area contributed by atoms with E-state index in [1.165, 1.54) is 12.1 Å². The monoisotopic (exact) mass is 227 g/mol. The highest BCUT2D eigenvalue weighted by atomic mass is 19.1. The lowest BCUT2D eigenvalue weighted by atomic mass is 10.1. The molecule has 0 radical (unpaired) electrons. The van der Waals surface area contributed by atoms with E-state index in [-0.39, 0.29) is 17.9 Å². The summed E-state index contributed by atoms with van der Waals surface area (Å²) in [6, 6.07) is 4.02. The average molecular weight is 227 g/mol. The van der Waals surface area contributed by atoms with Crippen molar-refractivity contribution in [3.63, 3.8) is 0 Å². The van der Waals surface area contributed by atoms with Gasteiger partial charge in [-0.1, -0.05) is 0 Å². The van der Waals surface area contributed by atoms with E-state index in [1.807, 2.05) is 0 Å². The van der Waals surface area contributed by atoms with Gasteiger partial charge in [0.1, 0.15) is 17.2 Å². The van der Waals surface area contributed by atoms with Crippen LogP contribution in [0.15, 0.2) is 18.2 Å². The van der Waals surface area contributed by atoms with Crippen molar-refractivity contribution in [3.8, 4) is 5.75 Å². The predicted octanol–water partition coefficient (Wildman–Crippen LogP) is 2.04. The van der Waals surface area contributed by atoms with Crippen LogP contribution >= 0.6 is 0 Å². The Bertz CT molecular complexity index is 404. The minimum Gasteiger partial charge on any atom is -0.487 e. The van der Waals surface area contributed by atoms with Crippen LogP contribution in [-0.4, -0.2) is 16.7 Å². The first-order valence-corrected chi connectivity index (χ1v) is 4.76. The summed E-state index contributed by atoms with van der Waals surface area (Å²) in [4.78, 5) is 10.6. The molecule has 1 aromatic rings. The average Bonchev–Trinajstić information content (AvgIpc) is 2.08. The molecule has 0 bridgehead atoms. The van der Waals surface area contributed by atoms with E-state index >= 15 is 0 Å². The van der Waals surface area contributed by atoms with Crippen molar-refractivity contribution in [1.29, 1.82) is 0 Å². The fourth-order valence-corrected chi connectivity index (χ4v) is 1.29. The Balaban J connectivity index is 2.79. The largest absolute Gasteiger partial charge is 0.487 e. The second-order valence-electron chi connectivity index (χ2n) is 4.12. The van der Waals surface area contributed by atoms with Gasteiger partial charge in [0.15, 0.2) is 0 Å². The lowest BCUT2D eigenvalue weighted by molar-refractivity contribution is -0.140. The molecule has 0 unspecified atom stereocenters. The second-order valence-corrected chi connectivity index (χ2v) is 4.12. The molecule has 1 rings (SSSR count). The van der Waals surface area contributed by atoms with Crippen LogP contribution in [0.1, 0.15) is 20.3 Å². The third-order valence-corrected chi connectivity index (χ3v) is 1.94. The van der Waals surface area contributed by atoms with Gasteiger partial charge in [0.05, 0.1) is 12.1 Å². The highest BCUT2D eigenvalue weighted by molar-refractivity contribution is 5.68. The Morgan fingerprint density at radius 2 is 2.19 bits per heavy atom. The number of anilines is 1. The first kappa shape index (κ1) is 12.3. The Hall–Kier alpha value is -1.78. The third kappa shape index (κ3) is 3.42. The number of hydrogen-bond donors (Lipinski definition) is 2. The number of hydrogen-bond acceptors (Lipinski definition) is 3. The van der Waals surface area contributed by atoms with Gasteiger partial charge in [-0.25, -0.2) is 4.39 Å². The Morgan fingerprint density at radius 1 is 1.56 bits per heavy atom. The first-order valence-electron chi connectivity index (χ1n) is 4.76. The molecule has 88 valence electrons. The number of ether oxygens (including phenoxy) is 1. The van der Waals surface area contributed by atoms with E-state index < -0.39 is 17.4 Å². The maximum atomic E-state index is 13.1. The van der Waals surface area contributed by atoms with E-state index in [0.29, 0.717) is 0 Å². The minimum absolute atomic E-state index is 0.0309. The quantitative estimate of drug-likeness (QED) is 0.772. The Labute approximate surface area is 92.8 Å². The molecule has 0 fully saturated rings. The predicted molar refractivity (Wildman–Crippen MR) is 57.8 cm³/mol. The zero-order valence-corrected chi connectivity index (χ0v) is 9.16. The van der Waals surface area contributed by atoms with Crippen LogP contribution in [0.25, 0.3) is 0 Å². The molecule has 0 amide bonds. The zero-order valence-electron chi connectivity index (χ0n) is 9.16. The topological polar surface area (TPSA) is 72.5 Å². The van der Waals surface area contributed by atoms with Gasteiger partial charge in [0.25, 0.3) is 0 Å². The molecule has 3 N–H and O–H groups in total. The van der Waals surface area contributed by atoms with Crippen LogP contribution in [0.5, 0.6) is 5.75 Å². The van der Waals surface area contributed by atoms with Gasteiger partial charge in [0.2, 0.25) is 0 Å². The molecule has 0 spiro atoms. The van der Waals surface area contributed by atoms with Gasteiger partial charge in [-0.15, -0.1) is 0 Å². The first-order chi connectivity index (χ1) is 7.30. The van der Waals surface area contributed by atoms with E-state index in [4.69, 9.17) is 15.6 Å². The summed E-state index contributed by atoms with van der Waals surface area (Å²) in [5, 5.41) is 8.65. The molecule has 0 aliphatic rings. The SMILES string of the molecule is CC(C)(CC(=O)O)Oc1ccc(N)c(F)c1. The molecule has 0 saturated heterocycles. The number of carboxylic acids is 1. The molecule has 0 aliphatic carbocycles. The molecule has 5 heteroatoms. The summed E-state index contributed by atoms with van der Waals surface area (Å²) in [5.41, 5.74) is 4.44. The Kier molecular flexibility index (Phi) is 3.37. The molecule has 4 nitrogen and oxygen atoms in total. The van der Waals surface area contributed by atoms with E-state index in [2.05, 4.69) is 0 Å². The van der Waals surface area contributed by atoms with E-state index in [0.717, 1.165) is 6.07 Å². The van der Waals surface area contributed by atoms with Crippen LogP contribution in [0.2, 0.25) is 0 Å². The summed E-state index contributed by atoms with van der Waals surface area (Å²) in [5.74, 6) is -1.29. The number of carbonyl (C=O) groups is 1. The van der Waals surface area contributed by atoms with Gasteiger partial charge in [-0.3, -0.25) is 4.79 Å². The molecule has 0 atom stereocenters. The summed E-state index contributed by atoms with van der Waals surface area (Å²) in [6.07, 6.45) is -0.168. The van der Waals surface area contributed by atoms with Crippen molar-refractivity contribution >= 4 is 11.7 Å².